The molecule has 1 unspecified atom stereocenters. The lowest BCUT2D eigenvalue weighted by Gasteiger charge is -2.25. The summed E-state index contributed by atoms with van der Waals surface area (Å²) < 4.78 is 11.5. The van der Waals surface area contributed by atoms with Gasteiger partial charge in [0.15, 0.2) is 11.5 Å². The molecule has 1 N–H and O–H groups in total. The van der Waals surface area contributed by atoms with Gasteiger partial charge in [-0.3, -0.25) is 19.7 Å². The lowest BCUT2D eigenvalue weighted by atomic mass is 9.95. The molecule has 0 aliphatic carbocycles. The van der Waals surface area contributed by atoms with Gasteiger partial charge in [0.2, 0.25) is 0 Å². The molecule has 190 valence electrons. The summed E-state index contributed by atoms with van der Waals surface area (Å²) >= 11 is 0. The van der Waals surface area contributed by atoms with Crippen molar-refractivity contribution in [3.8, 4) is 11.5 Å². The third-order valence-corrected chi connectivity index (χ3v) is 6.10. The summed E-state index contributed by atoms with van der Waals surface area (Å²) in [6.45, 7) is 2.45. The van der Waals surface area contributed by atoms with E-state index in [1.165, 1.54) is 36.3 Å². The second kappa shape index (κ2) is 10.9. The molecule has 0 spiro atoms. The van der Waals surface area contributed by atoms with Gasteiger partial charge in [-0.15, -0.1) is 0 Å². The highest BCUT2D eigenvalue weighted by molar-refractivity contribution is 6.46. The number of non-ortho nitro benzene ring substituents is 1. The fourth-order valence-electron chi connectivity index (χ4n) is 4.31. The van der Waals surface area contributed by atoms with Crippen molar-refractivity contribution in [1.29, 1.82) is 0 Å². The maximum absolute atomic E-state index is 13.1. The maximum Gasteiger partial charge on any atom is 0.295 e. The largest absolute Gasteiger partial charge is 0.507 e. The molecule has 1 saturated heterocycles. The number of carbonyl (C=O) groups excluding carboxylic acids is 2. The molecule has 37 heavy (non-hydrogen) atoms. The first-order valence-corrected chi connectivity index (χ1v) is 11.7. The topological polar surface area (TPSA) is 119 Å². The van der Waals surface area contributed by atoms with Crippen molar-refractivity contribution in [2.24, 2.45) is 0 Å². The van der Waals surface area contributed by atoms with Crippen LogP contribution in [-0.2, 0) is 16.2 Å². The third kappa shape index (κ3) is 5.16. The number of carbonyl (C=O) groups is 2. The minimum atomic E-state index is -0.875. The maximum atomic E-state index is 13.1. The molecule has 1 atom stereocenters. The van der Waals surface area contributed by atoms with Gasteiger partial charge in [-0.1, -0.05) is 43.3 Å². The zero-order chi connectivity index (χ0) is 26.5. The quantitative estimate of drug-likeness (QED) is 0.144. The number of nitro benzene ring substituents is 1. The molecule has 1 heterocycles. The Morgan fingerprint density at radius 1 is 1.03 bits per heavy atom. The zero-order valence-corrected chi connectivity index (χ0v) is 20.4. The molecule has 0 radical (unpaired) electrons. The number of hydrogen-bond acceptors (Lipinski definition) is 7. The van der Waals surface area contributed by atoms with E-state index in [-0.39, 0.29) is 23.4 Å². The third-order valence-electron chi connectivity index (χ3n) is 6.10. The van der Waals surface area contributed by atoms with E-state index in [4.69, 9.17) is 9.47 Å². The Morgan fingerprint density at radius 2 is 1.73 bits per heavy atom. The predicted octanol–water partition coefficient (Wildman–Crippen LogP) is 5.01. The number of Topliss-reactive ketones (excluding diaryl/α,β-unsaturated/α-hetero) is 1. The molecule has 1 amide bonds. The van der Waals surface area contributed by atoms with Crippen molar-refractivity contribution < 1.29 is 29.1 Å². The van der Waals surface area contributed by atoms with Gasteiger partial charge >= 0.3 is 0 Å². The van der Waals surface area contributed by atoms with Crippen LogP contribution in [0.3, 0.4) is 0 Å². The Labute approximate surface area is 213 Å². The van der Waals surface area contributed by atoms with Crippen LogP contribution in [0.15, 0.2) is 78.4 Å². The van der Waals surface area contributed by atoms with E-state index in [2.05, 4.69) is 0 Å². The molecule has 3 aromatic carbocycles. The number of nitro groups is 1. The van der Waals surface area contributed by atoms with Crippen LogP contribution < -0.4 is 9.47 Å². The molecule has 1 fully saturated rings. The number of methoxy groups -OCH3 is 1. The van der Waals surface area contributed by atoms with Gasteiger partial charge in [-0.2, -0.15) is 0 Å². The number of aliphatic hydroxyl groups is 1. The van der Waals surface area contributed by atoms with Crippen LogP contribution in [0.25, 0.3) is 5.76 Å². The summed E-state index contributed by atoms with van der Waals surface area (Å²) in [7, 11) is 1.52. The normalized spacial score (nSPS) is 16.6. The number of ether oxygens (including phenoxy) is 2. The molecule has 4 rings (SSSR count). The van der Waals surface area contributed by atoms with Crippen LogP contribution in [0, 0.1) is 10.1 Å². The Morgan fingerprint density at radius 3 is 2.35 bits per heavy atom. The fraction of sp³-hybridized carbons (Fsp3) is 0.214. The molecule has 0 bridgehead atoms. The summed E-state index contributed by atoms with van der Waals surface area (Å²) in [5.41, 5.74) is 1.45. The summed E-state index contributed by atoms with van der Waals surface area (Å²) in [6, 6.07) is 19.0. The lowest BCUT2D eigenvalue weighted by molar-refractivity contribution is -0.384. The fourth-order valence-corrected chi connectivity index (χ4v) is 4.31. The highest BCUT2D eigenvalue weighted by Gasteiger charge is 2.46. The SMILES string of the molecule is CCCN1C(=O)C(=O)/C(=C(\O)c2ccc([N+](=O)[O-])cc2)C1c1ccc(OC)c(OCc2ccccc2)c1. The van der Waals surface area contributed by atoms with E-state index >= 15 is 0 Å². The summed E-state index contributed by atoms with van der Waals surface area (Å²) in [6.07, 6.45) is 0.592. The molecular formula is C28H26N2O7. The van der Waals surface area contributed by atoms with Crippen molar-refractivity contribution in [2.75, 3.05) is 13.7 Å². The van der Waals surface area contributed by atoms with E-state index in [9.17, 15) is 24.8 Å². The Kier molecular flexibility index (Phi) is 7.52. The first-order valence-electron chi connectivity index (χ1n) is 11.7. The average Bonchev–Trinajstić information content (AvgIpc) is 3.17. The predicted molar refractivity (Wildman–Crippen MR) is 136 cm³/mol. The molecule has 1 aliphatic heterocycles. The van der Waals surface area contributed by atoms with E-state index in [0.717, 1.165) is 5.56 Å². The second-order valence-electron chi connectivity index (χ2n) is 8.48. The minimum absolute atomic E-state index is 0.0912. The molecule has 9 nitrogen and oxygen atoms in total. The molecule has 0 aromatic heterocycles. The standard InChI is InChI=1S/C28H26N2O7/c1-3-15-29-25(20-11-14-22(36-2)23(16-20)37-17-18-7-5-4-6-8-18)24(27(32)28(29)33)26(31)19-9-12-21(13-10-19)30(34)35/h4-14,16,25,31H,3,15,17H2,1-2H3/b26-24-. The van der Waals surface area contributed by atoms with Crippen molar-refractivity contribution in [2.45, 2.75) is 26.0 Å². The van der Waals surface area contributed by atoms with Crippen LogP contribution in [-0.4, -0.2) is 40.3 Å². The lowest BCUT2D eigenvalue weighted by Crippen LogP contribution is -2.30. The summed E-state index contributed by atoms with van der Waals surface area (Å²) in [5, 5.41) is 22.1. The van der Waals surface area contributed by atoms with Gasteiger partial charge in [0.1, 0.15) is 12.4 Å². The number of amides is 1. The number of ketones is 1. The van der Waals surface area contributed by atoms with Crippen LogP contribution in [0.4, 0.5) is 5.69 Å². The van der Waals surface area contributed by atoms with Gasteiger partial charge in [0.25, 0.3) is 17.4 Å². The van der Waals surface area contributed by atoms with Crippen LogP contribution in [0.2, 0.25) is 0 Å². The number of nitrogens with zero attached hydrogens (tertiary/aromatic N) is 2. The average molecular weight is 503 g/mol. The zero-order valence-electron chi connectivity index (χ0n) is 20.4. The number of hydrogen-bond donors (Lipinski definition) is 1. The summed E-state index contributed by atoms with van der Waals surface area (Å²) in [4.78, 5) is 38.0. The van der Waals surface area contributed by atoms with Crippen LogP contribution in [0.5, 0.6) is 11.5 Å². The summed E-state index contributed by atoms with van der Waals surface area (Å²) in [5.74, 6) is -1.06. The Balaban J connectivity index is 1.78. The van der Waals surface area contributed by atoms with Crippen molar-refractivity contribution in [3.05, 3.63) is 105 Å². The minimum Gasteiger partial charge on any atom is -0.507 e. The van der Waals surface area contributed by atoms with Gasteiger partial charge in [0.05, 0.1) is 23.6 Å². The molecule has 1 aliphatic rings. The van der Waals surface area contributed by atoms with E-state index in [1.807, 2.05) is 37.3 Å². The van der Waals surface area contributed by atoms with Crippen molar-refractivity contribution in [3.63, 3.8) is 0 Å². The molecule has 9 heteroatoms. The number of benzene rings is 3. The highest BCUT2D eigenvalue weighted by atomic mass is 16.6. The molecule has 3 aromatic rings. The first kappa shape index (κ1) is 25.4. The monoisotopic (exact) mass is 502 g/mol. The van der Waals surface area contributed by atoms with Gasteiger partial charge in [-0.05, 0) is 41.8 Å². The van der Waals surface area contributed by atoms with Gasteiger partial charge in [0, 0.05) is 24.2 Å². The van der Waals surface area contributed by atoms with Crippen molar-refractivity contribution >= 4 is 23.1 Å². The highest BCUT2D eigenvalue weighted by Crippen LogP contribution is 2.42. The smallest absolute Gasteiger partial charge is 0.295 e. The van der Waals surface area contributed by atoms with E-state index in [1.54, 1.807) is 18.2 Å². The first-order chi connectivity index (χ1) is 17.8. The van der Waals surface area contributed by atoms with Crippen molar-refractivity contribution in [1.82, 2.24) is 4.90 Å². The number of rotatable bonds is 9. The van der Waals surface area contributed by atoms with Gasteiger partial charge < -0.3 is 19.5 Å². The van der Waals surface area contributed by atoms with Crippen LogP contribution in [0.1, 0.15) is 36.1 Å². The van der Waals surface area contributed by atoms with Crippen LogP contribution >= 0.6 is 0 Å². The number of aliphatic hydroxyl groups excluding tert-OH is 1. The van der Waals surface area contributed by atoms with E-state index in [0.29, 0.717) is 30.0 Å². The Bertz CT molecular complexity index is 1350. The van der Waals surface area contributed by atoms with Gasteiger partial charge in [-0.25, -0.2) is 0 Å². The number of likely N-dealkylation sites (tertiary alicyclic amines) is 1. The van der Waals surface area contributed by atoms with E-state index < -0.39 is 28.4 Å². The molecule has 0 saturated carbocycles. The second-order valence-corrected chi connectivity index (χ2v) is 8.48. The Hall–Kier alpha value is -4.66. The molecular weight excluding hydrogens is 476 g/mol.